The molecule has 0 fully saturated rings. The van der Waals surface area contributed by atoms with Crippen molar-refractivity contribution in [3.8, 4) is 0 Å². The molecule has 1 aromatic rings. The monoisotopic (exact) mass is 219 g/mol. The summed E-state index contributed by atoms with van der Waals surface area (Å²) >= 11 is 0. The maximum Gasteiger partial charge on any atom is 0.363 e. The first-order valence-electron chi connectivity index (χ1n) is 5.14. The van der Waals surface area contributed by atoms with E-state index in [2.05, 4.69) is 22.0 Å². The first kappa shape index (κ1) is 10.8. The predicted molar refractivity (Wildman–Crippen MR) is 60.0 cm³/mol. The lowest BCUT2D eigenvalue weighted by Crippen LogP contribution is -2.27. The maximum atomic E-state index is 10.5. The molecule has 84 valence electrons. The van der Waals surface area contributed by atoms with Crippen LogP contribution in [-0.2, 0) is 0 Å². The molecule has 0 N–H and O–H groups in total. The molecule has 1 aromatic heterocycles. The lowest BCUT2D eigenvalue weighted by molar-refractivity contribution is -0.389. The molecule has 0 aromatic carbocycles. The highest BCUT2D eigenvalue weighted by molar-refractivity contribution is 5.26. The van der Waals surface area contributed by atoms with Gasteiger partial charge in [0.1, 0.15) is 6.20 Å². The number of pyridine rings is 1. The molecule has 16 heavy (non-hydrogen) atoms. The molecule has 1 aliphatic rings. The molecule has 5 nitrogen and oxygen atoms in total. The van der Waals surface area contributed by atoms with Crippen molar-refractivity contribution in [1.29, 1.82) is 0 Å². The Morgan fingerprint density at radius 2 is 2.31 bits per heavy atom. The van der Waals surface area contributed by atoms with Gasteiger partial charge in [-0.2, -0.15) is 0 Å². The first-order valence-corrected chi connectivity index (χ1v) is 5.14. The fourth-order valence-electron chi connectivity index (χ4n) is 1.87. The molecule has 0 amide bonds. The highest BCUT2D eigenvalue weighted by Gasteiger charge is 2.19. The summed E-state index contributed by atoms with van der Waals surface area (Å²) < 4.78 is 0. The Bertz CT molecular complexity index is 414. The van der Waals surface area contributed by atoms with E-state index in [9.17, 15) is 10.1 Å². The Morgan fingerprint density at radius 1 is 1.50 bits per heavy atom. The van der Waals surface area contributed by atoms with Crippen LogP contribution in [0.15, 0.2) is 30.5 Å². The van der Waals surface area contributed by atoms with Crippen LogP contribution >= 0.6 is 0 Å². The summed E-state index contributed by atoms with van der Waals surface area (Å²) in [5, 5.41) is 10.5. The van der Waals surface area contributed by atoms with Crippen LogP contribution in [0, 0.1) is 10.1 Å². The van der Waals surface area contributed by atoms with Gasteiger partial charge in [0.25, 0.3) is 0 Å². The highest BCUT2D eigenvalue weighted by Crippen LogP contribution is 2.26. The lowest BCUT2D eigenvalue weighted by Gasteiger charge is -2.28. The minimum Gasteiger partial charge on any atom is -0.358 e. The molecular formula is C11H13N3O2. The largest absolute Gasteiger partial charge is 0.363 e. The van der Waals surface area contributed by atoms with E-state index >= 15 is 0 Å². The van der Waals surface area contributed by atoms with Crippen LogP contribution in [0.1, 0.15) is 18.0 Å². The van der Waals surface area contributed by atoms with E-state index in [-0.39, 0.29) is 11.9 Å². The predicted octanol–water partition coefficient (Wildman–Crippen LogP) is 1.92. The quantitative estimate of drug-likeness (QED) is 0.433. The number of rotatable bonds is 2. The smallest absolute Gasteiger partial charge is 0.358 e. The molecule has 0 spiro atoms. The highest BCUT2D eigenvalue weighted by atomic mass is 16.6. The van der Waals surface area contributed by atoms with E-state index in [4.69, 9.17) is 0 Å². The summed E-state index contributed by atoms with van der Waals surface area (Å²) in [4.78, 5) is 16.0. The van der Waals surface area contributed by atoms with Crippen LogP contribution in [0.4, 0.5) is 5.82 Å². The summed E-state index contributed by atoms with van der Waals surface area (Å²) in [5.41, 5.74) is 1.03. The van der Waals surface area contributed by atoms with Crippen molar-refractivity contribution >= 4 is 5.82 Å². The Labute approximate surface area is 93.6 Å². The van der Waals surface area contributed by atoms with Gasteiger partial charge in [-0.25, -0.2) is 0 Å². The second-order valence-electron chi connectivity index (χ2n) is 3.87. The standard InChI is InChI=1S/C11H13N3O2/c1-13-7-3-2-4-10(13)9-5-6-11(12-8-9)14(15)16/h2-3,5-6,8,10H,4,7H2,1H3. The summed E-state index contributed by atoms with van der Waals surface area (Å²) in [7, 11) is 2.04. The fraction of sp³-hybridized carbons (Fsp3) is 0.364. The van der Waals surface area contributed by atoms with Gasteiger partial charge in [-0.15, -0.1) is 0 Å². The number of hydrogen-bond donors (Lipinski definition) is 0. The van der Waals surface area contributed by atoms with Gasteiger partial charge in [0.05, 0.1) is 0 Å². The lowest BCUT2D eigenvalue weighted by atomic mass is 10.0. The molecule has 0 saturated heterocycles. The van der Waals surface area contributed by atoms with E-state index in [1.807, 2.05) is 7.05 Å². The minimum atomic E-state index is -0.478. The third-order valence-electron chi connectivity index (χ3n) is 2.79. The van der Waals surface area contributed by atoms with Crippen LogP contribution in [0.5, 0.6) is 0 Å². The van der Waals surface area contributed by atoms with Crippen molar-refractivity contribution in [3.63, 3.8) is 0 Å². The molecule has 0 bridgehead atoms. The van der Waals surface area contributed by atoms with Crippen molar-refractivity contribution in [2.45, 2.75) is 12.5 Å². The normalized spacial score (nSPS) is 20.9. The number of nitro groups is 1. The summed E-state index contributed by atoms with van der Waals surface area (Å²) in [6, 6.07) is 3.52. The van der Waals surface area contributed by atoms with Gasteiger partial charge >= 0.3 is 5.82 Å². The van der Waals surface area contributed by atoms with Gasteiger partial charge < -0.3 is 10.1 Å². The van der Waals surface area contributed by atoms with Crippen LogP contribution in [0.2, 0.25) is 0 Å². The zero-order valence-corrected chi connectivity index (χ0v) is 9.04. The summed E-state index contributed by atoms with van der Waals surface area (Å²) in [5.74, 6) is -0.0993. The van der Waals surface area contributed by atoms with Crippen molar-refractivity contribution in [2.75, 3.05) is 13.6 Å². The zero-order chi connectivity index (χ0) is 11.5. The number of hydrogen-bond acceptors (Lipinski definition) is 4. The van der Waals surface area contributed by atoms with Gasteiger partial charge in [0, 0.05) is 24.2 Å². The first-order chi connectivity index (χ1) is 7.68. The van der Waals surface area contributed by atoms with Crippen molar-refractivity contribution in [2.24, 2.45) is 0 Å². The SMILES string of the molecule is CN1CC=CCC1c1ccc([N+](=O)[O-])nc1. The molecule has 0 aliphatic carbocycles. The Morgan fingerprint density at radius 3 is 2.88 bits per heavy atom. The molecule has 1 unspecified atom stereocenters. The second kappa shape index (κ2) is 4.40. The summed E-state index contributed by atoms with van der Waals surface area (Å²) in [6.07, 6.45) is 6.77. The van der Waals surface area contributed by atoms with Crippen molar-refractivity contribution in [3.05, 3.63) is 46.2 Å². The average molecular weight is 219 g/mol. The van der Waals surface area contributed by atoms with E-state index in [0.717, 1.165) is 18.5 Å². The van der Waals surface area contributed by atoms with Gasteiger partial charge in [0.15, 0.2) is 0 Å². The average Bonchev–Trinajstić information content (AvgIpc) is 2.30. The zero-order valence-electron chi connectivity index (χ0n) is 9.04. The molecule has 0 radical (unpaired) electrons. The Balaban J connectivity index is 2.21. The van der Waals surface area contributed by atoms with Crippen molar-refractivity contribution in [1.82, 2.24) is 9.88 Å². The molecule has 0 saturated carbocycles. The minimum absolute atomic E-state index is 0.0993. The molecule has 2 rings (SSSR count). The van der Waals surface area contributed by atoms with Gasteiger partial charge in [-0.1, -0.05) is 12.2 Å². The van der Waals surface area contributed by atoms with Gasteiger partial charge in [-0.3, -0.25) is 4.90 Å². The Hall–Kier alpha value is -1.75. The van der Waals surface area contributed by atoms with Crippen LogP contribution < -0.4 is 0 Å². The van der Waals surface area contributed by atoms with E-state index in [1.54, 1.807) is 12.3 Å². The maximum absolute atomic E-state index is 10.5. The number of aromatic nitrogens is 1. The number of nitrogens with zero attached hydrogens (tertiary/aromatic N) is 3. The molecule has 2 heterocycles. The van der Waals surface area contributed by atoms with Crippen LogP contribution in [0.25, 0.3) is 0 Å². The molecule has 1 aliphatic heterocycles. The van der Waals surface area contributed by atoms with Crippen LogP contribution in [0.3, 0.4) is 0 Å². The van der Waals surface area contributed by atoms with E-state index in [1.165, 1.54) is 6.07 Å². The van der Waals surface area contributed by atoms with Crippen molar-refractivity contribution < 1.29 is 4.92 Å². The molecule has 1 atom stereocenters. The molecule has 5 heteroatoms. The third-order valence-corrected chi connectivity index (χ3v) is 2.79. The second-order valence-corrected chi connectivity index (χ2v) is 3.87. The summed E-state index contributed by atoms with van der Waals surface area (Å²) in [6.45, 7) is 0.904. The van der Waals surface area contributed by atoms with Crippen LogP contribution in [-0.4, -0.2) is 28.4 Å². The van der Waals surface area contributed by atoms with E-state index in [0.29, 0.717) is 0 Å². The van der Waals surface area contributed by atoms with Gasteiger partial charge in [0.2, 0.25) is 0 Å². The molecular weight excluding hydrogens is 206 g/mol. The topological polar surface area (TPSA) is 59.3 Å². The third kappa shape index (κ3) is 2.09. The number of likely N-dealkylation sites (N-methyl/N-ethyl adjacent to an activating group) is 1. The van der Waals surface area contributed by atoms with Gasteiger partial charge in [-0.05, 0) is 29.4 Å². The fourth-order valence-corrected chi connectivity index (χ4v) is 1.87. The Kier molecular flexibility index (Phi) is 2.96. The van der Waals surface area contributed by atoms with E-state index < -0.39 is 4.92 Å².